The standard InChI is InChI=1S/C13H14N4O2S2/c1-2-20-12-15-11(14-8-10(18)19)16-13(17-12)21-9-6-4-3-5-7-9/h3-7H,2,8H2,1H3,(H,18,19)(H,14,15,16,17). The summed E-state index contributed by atoms with van der Waals surface area (Å²) in [7, 11) is 0. The lowest BCUT2D eigenvalue weighted by Crippen LogP contribution is -2.15. The summed E-state index contributed by atoms with van der Waals surface area (Å²) in [6, 6.07) is 9.75. The Morgan fingerprint density at radius 3 is 2.57 bits per heavy atom. The van der Waals surface area contributed by atoms with Crippen molar-refractivity contribution in [1.82, 2.24) is 15.0 Å². The van der Waals surface area contributed by atoms with E-state index >= 15 is 0 Å². The molecule has 0 aliphatic heterocycles. The van der Waals surface area contributed by atoms with Crippen molar-refractivity contribution < 1.29 is 9.90 Å². The van der Waals surface area contributed by atoms with E-state index in [2.05, 4.69) is 20.3 Å². The van der Waals surface area contributed by atoms with Gasteiger partial charge in [0, 0.05) is 4.90 Å². The molecule has 8 heteroatoms. The Balaban J connectivity index is 2.20. The molecule has 0 radical (unpaired) electrons. The number of carboxylic acid groups (broad SMARTS) is 1. The van der Waals surface area contributed by atoms with Gasteiger partial charge in [-0.2, -0.15) is 15.0 Å². The molecule has 2 aromatic rings. The molecule has 0 atom stereocenters. The number of thioether (sulfide) groups is 1. The fraction of sp³-hybridized carbons (Fsp3) is 0.231. The molecule has 21 heavy (non-hydrogen) atoms. The van der Waals surface area contributed by atoms with Gasteiger partial charge < -0.3 is 10.4 Å². The summed E-state index contributed by atoms with van der Waals surface area (Å²) in [5.74, 6) is 0.150. The van der Waals surface area contributed by atoms with Crippen LogP contribution in [0.1, 0.15) is 6.92 Å². The highest BCUT2D eigenvalue weighted by Gasteiger charge is 2.09. The monoisotopic (exact) mass is 322 g/mol. The molecule has 0 spiro atoms. The number of carboxylic acids is 1. The number of nitrogens with zero attached hydrogens (tertiary/aromatic N) is 3. The molecule has 0 aliphatic carbocycles. The minimum Gasteiger partial charge on any atom is -0.480 e. The van der Waals surface area contributed by atoms with Gasteiger partial charge in [0.05, 0.1) is 0 Å². The molecule has 0 saturated heterocycles. The third-order valence-corrected chi connectivity index (χ3v) is 3.82. The Hall–Kier alpha value is -1.80. The van der Waals surface area contributed by atoms with Gasteiger partial charge in [-0.1, -0.05) is 36.9 Å². The van der Waals surface area contributed by atoms with Crippen molar-refractivity contribution in [1.29, 1.82) is 0 Å². The number of anilines is 1. The van der Waals surface area contributed by atoms with E-state index in [1.54, 1.807) is 0 Å². The molecule has 6 nitrogen and oxygen atoms in total. The van der Waals surface area contributed by atoms with Gasteiger partial charge in [0.25, 0.3) is 0 Å². The number of aromatic nitrogens is 3. The van der Waals surface area contributed by atoms with E-state index in [0.717, 1.165) is 10.6 Å². The fourth-order valence-corrected chi connectivity index (χ4v) is 2.79. The van der Waals surface area contributed by atoms with E-state index in [-0.39, 0.29) is 12.5 Å². The van der Waals surface area contributed by atoms with Crippen molar-refractivity contribution in [3.05, 3.63) is 30.3 Å². The second-order valence-electron chi connectivity index (χ2n) is 3.82. The van der Waals surface area contributed by atoms with Crippen LogP contribution >= 0.6 is 23.5 Å². The predicted octanol–water partition coefficient (Wildman–Crippen LogP) is 2.63. The summed E-state index contributed by atoms with van der Waals surface area (Å²) < 4.78 is 0. The number of nitrogens with one attached hydrogen (secondary N) is 1. The molecule has 1 heterocycles. The maximum absolute atomic E-state index is 10.6. The first-order chi connectivity index (χ1) is 10.2. The van der Waals surface area contributed by atoms with Gasteiger partial charge in [-0.25, -0.2) is 0 Å². The Labute approximate surface area is 130 Å². The van der Waals surface area contributed by atoms with Crippen LogP contribution in [-0.2, 0) is 4.79 Å². The van der Waals surface area contributed by atoms with Crippen LogP contribution in [0.5, 0.6) is 0 Å². The molecule has 0 bridgehead atoms. The van der Waals surface area contributed by atoms with Crippen molar-refractivity contribution in [2.75, 3.05) is 17.6 Å². The molecule has 0 aliphatic rings. The molecule has 1 aromatic carbocycles. The lowest BCUT2D eigenvalue weighted by Gasteiger charge is -2.06. The van der Waals surface area contributed by atoms with Crippen molar-refractivity contribution in [2.24, 2.45) is 0 Å². The summed E-state index contributed by atoms with van der Waals surface area (Å²) >= 11 is 2.90. The molecule has 2 rings (SSSR count). The second kappa shape index (κ2) is 7.84. The van der Waals surface area contributed by atoms with Crippen LogP contribution in [0.4, 0.5) is 5.95 Å². The van der Waals surface area contributed by atoms with Gasteiger partial charge in [0.15, 0.2) is 10.3 Å². The third kappa shape index (κ3) is 5.24. The molecule has 0 saturated carbocycles. The van der Waals surface area contributed by atoms with E-state index in [1.807, 2.05) is 37.3 Å². The van der Waals surface area contributed by atoms with Crippen LogP contribution in [0.2, 0.25) is 0 Å². The highest BCUT2D eigenvalue weighted by Crippen LogP contribution is 2.26. The summed E-state index contributed by atoms with van der Waals surface area (Å²) in [6.45, 7) is 1.78. The molecule has 0 fully saturated rings. The van der Waals surface area contributed by atoms with Crippen LogP contribution in [0.3, 0.4) is 0 Å². The summed E-state index contributed by atoms with van der Waals surface area (Å²) in [4.78, 5) is 24.4. The lowest BCUT2D eigenvalue weighted by atomic mass is 10.4. The Kier molecular flexibility index (Phi) is 5.82. The van der Waals surface area contributed by atoms with Crippen LogP contribution in [-0.4, -0.2) is 38.3 Å². The van der Waals surface area contributed by atoms with Gasteiger partial charge in [0.2, 0.25) is 5.95 Å². The lowest BCUT2D eigenvalue weighted by molar-refractivity contribution is -0.134. The smallest absolute Gasteiger partial charge is 0.322 e. The zero-order chi connectivity index (χ0) is 15.1. The van der Waals surface area contributed by atoms with Crippen LogP contribution < -0.4 is 5.32 Å². The average molecular weight is 322 g/mol. The maximum atomic E-state index is 10.6. The Morgan fingerprint density at radius 2 is 1.90 bits per heavy atom. The fourth-order valence-electron chi connectivity index (χ4n) is 1.40. The van der Waals surface area contributed by atoms with Gasteiger partial charge in [0.1, 0.15) is 6.54 Å². The Bertz CT molecular complexity index is 610. The van der Waals surface area contributed by atoms with Crippen LogP contribution in [0, 0.1) is 0 Å². The van der Waals surface area contributed by atoms with Crippen molar-refractivity contribution in [3.63, 3.8) is 0 Å². The van der Waals surface area contributed by atoms with Crippen LogP contribution in [0.25, 0.3) is 0 Å². The largest absolute Gasteiger partial charge is 0.480 e. The summed E-state index contributed by atoms with van der Waals surface area (Å²) in [5, 5.41) is 12.5. The summed E-state index contributed by atoms with van der Waals surface area (Å²) in [6.07, 6.45) is 0. The Morgan fingerprint density at radius 1 is 1.19 bits per heavy atom. The zero-order valence-corrected chi connectivity index (χ0v) is 12.9. The molecule has 110 valence electrons. The molecule has 1 aromatic heterocycles. The minimum atomic E-state index is -0.961. The average Bonchev–Trinajstić information content (AvgIpc) is 2.46. The van der Waals surface area contributed by atoms with Crippen molar-refractivity contribution >= 4 is 35.4 Å². The first-order valence-electron chi connectivity index (χ1n) is 6.25. The number of rotatable bonds is 7. The zero-order valence-electron chi connectivity index (χ0n) is 11.3. The van der Waals surface area contributed by atoms with E-state index in [4.69, 9.17) is 5.11 Å². The highest BCUT2D eigenvalue weighted by molar-refractivity contribution is 7.99. The molecular weight excluding hydrogens is 308 g/mol. The quantitative estimate of drug-likeness (QED) is 0.752. The van der Waals surface area contributed by atoms with Crippen LogP contribution in [0.15, 0.2) is 45.5 Å². The van der Waals surface area contributed by atoms with Crippen molar-refractivity contribution in [3.8, 4) is 0 Å². The van der Waals surface area contributed by atoms with Crippen molar-refractivity contribution in [2.45, 2.75) is 22.1 Å². The number of benzene rings is 1. The molecular formula is C13H14N4O2S2. The summed E-state index contributed by atoms with van der Waals surface area (Å²) in [5.41, 5.74) is 0. The number of hydrogen-bond donors (Lipinski definition) is 2. The highest BCUT2D eigenvalue weighted by atomic mass is 32.2. The van der Waals surface area contributed by atoms with E-state index in [9.17, 15) is 4.79 Å². The topological polar surface area (TPSA) is 88.0 Å². The van der Waals surface area contributed by atoms with Gasteiger partial charge >= 0.3 is 5.97 Å². The maximum Gasteiger partial charge on any atom is 0.322 e. The van der Waals surface area contributed by atoms with Gasteiger partial charge in [-0.05, 0) is 29.6 Å². The minimum absolute atomic E-state index is 0.226. The van der Waals surface area contributed by atoms with E-state index < -0.39 is 5.97 Å². The van der Waals surface area contributed by atoms with E-state index in [1.165, 1.54) is 23.5 Å². The molecule has 2 N–H and O–H groups in total. The second-order valence-corrected chi connectivity index (χ2v) is 6.09. The van der Waals surface area contributed by atoms with Gasteiger partial charge in [-0.15, -0.1) is 0 Å². The number of hydrogen-bond acceptors (Lipinski definition) is 7. The molecule has 0 amide bonds. The SMILES string of the molecule is CCSc1nc(NCC(=O)O)nc(Sc2ccccc2)n1. The first kappa shape index (κ1) is 15.6. The normalized spacial score (nSPS) is 10.3. The van der Waals surface area contributed by atoms with Gasteiger partial charge in [-0.3, -0.25) is 4.79 Å². The predicted molar refractivity (Wildman–Crippen MR) is 82.9 cm³/mol. The number of carbonyl (C=O) groups is 1. The molecule has 0 unspecified atom stereocenters. The number of aliphatic carboxylic acids is 1. The third-order valence-electron chi connectivity index (χ3n) is 2.22. The van der Waals surface area contributed by atoms with E-state index in [0.29, 0.717) is 10.3 Å². The first-order valence-corrected chi connectivity index (χ1v) is 8.05.